The van der Waals surface area contributed by atoms with Crippen molar-refractivity contribution in [3.63, 3.8) is 0 Å². The lowest BCUT2D eigenvalue weighted by molar-refractivity contribution is -0.139. The number of nitrogens with one attached hydrogen (secondary N) is 1. The molecule has 1 atom stereocenters. The summed E-state index contributed by atoms with van der Waals surface area (Å²) in [6.45, 7) is 0.265. The van der Waals surface area contributed by atoms with Gasteiger partial charge in [-0.1, -0.05) is 109 Å². The maximum Gasteiger partial charge on any atom is 0.243 e. The van der Waals surface area contributed by atoms with Crippen LogP contribution < -0.4 is 5.32 Å². The molecule has 200 valence electrons. The summed E-state index contributed by atoms with van der Waals surface area (Å²) >= 11 is 14.3. The molecule has 0 spiro atoms. The summed E-state index contributed by atoms with van der Waals surface area (Å²) in [5, 5.41) is 4.55. The van der Waals surface area contributed by atoms with E-state index < -0.39 is 6.04 Å². The second kappa shape index (κ2) is 14.6. The molecule has 2 amide bonds. The second-order valence-corrected chi connectivity index (χ2v) is 11.5. The van der Waals surface area contributed by atoms with E-state index in [1.807, 2.05) is 78.9 Å². The molecule has 0 saturated heterocycles. The van der Waals surface area contributed by atoms with Crippen LogP contribution in [0.3, 0.4) is 0 Å². The van der Waals surface area contributed by atoms with E-state index in [-0.39, 0.29) is 30.2 Å². The Morgan fingerprint density at radius 2 is 1.45 bits per heavy atom. The molecule has 3 aromatic carbocycles. The lowest BCUT2D eigenvalue weighted by Gasteiger charge is -2.33. The minimum atomic E-state index is -0.649. The van der Waals surface area contributed by atoms with Gasteiger partial charge < -0.3 is 10.2 Å². The first-order valence-corrected chi connectivity index (χ1v) is 15.1. The van der Waals surface area contributed by atoms with E-state index in [2.05, 4.69) is 5.32 Å². The Morgan fingerprint density at radius 3 is 2.11 bits per heavy atom. The van der Waals surface area contributed by atoms with Gasteiger partial charge in [0.2, 0.25) is 11.8 Å². The van der Waals surface area contributed by atoms with E-state index in [0.29, 0.717) is 22.2 Å². The van der Waals surface area contributed by atoms with Crippen LogP contribution in [0.25, 0.3) is 0 Å². The Balaban J connectivity index is 1.58. The first-order chi connectivity index (χ1) is 18.5. The van der Waals surface area contributed by atoms with Gasteiger partial charge in [0, 0.05) is 34.8 Å². The summed E-state index contributed by atoms with van der Waals surface area (Å²) < 4.78 is 0. The molecule has 4 nitrogen and oxygen atoms in total. The number of hydrogen-bond acceptors (Lipinski definition) is 3. The van der Waals surface area contributed by atoms with Gasteiger partial charge in [-0.25, -0.2) is 0 Å². The van der Waals surface area contributed by atoms with Crippen LogP contribution in [0, 0.1) is 0 Å². The highest BCUT2D eigenvalue weighted by Gasteiger charge is 2.32. The van der Waals surface area contributed by atoms with Crippen LogP contribution >= 0.6 is 35.0 Å². The van der Waals surface area contributed by atoms with E-state index in [4.69, 9.17) is 23.2 Å². The molecule has 1 fully saturated rings. The number of thioether (sulfide) groups is 1. The quantitative estimate of drug-likeness (QED) is 0.263. The van der Waals surface area contributed by atoms with Gasteiger partial charge in [0.1, 0.15) is 6.04 Å². The molecule has 1 aliphatic carbocycles. The molecule has 0 aliphatic heterocycles. The van der Waals surface area contributed by atoms with Gasteiger partial charge in [0.05, 0.1) is 5.75 Å². The van der Waals surface area contributed by atoms with Crippen molar-refractivity contribution in [3.8, 4) is 0 Å². The smallest absolute Gasteiger partial charge is 0.243 e. The van der Waals surface area contributed by atoms with Gasteiger partial charge in [0.25, 0.3) is 0 Å². The van der Waals surface area contributed by atoms with Gasteiger partial charge in [-0.05, 0) is 41.7 Å². The molecule has 0 heterocycles. The Hall–Kier alpha value is -2.47. The molecule has 1 N–H and O–H groups in total. The first kappa shape index (κ1) is 28.5. The molecule has 0 unspecified atom stereocenters. The summed E-state index contributed by atoms with van der Waals surface area (Å²) in [6, 6.07) is 24.6. The third-order valence-corrected chi connectivity index (χ3v) is 8.67. The van der Waals surface area contributed by atoms with Crippen LogP contribution in [-0.2, 0) is 28.3 Å². The van der Waals surface area contributed by atoms with E-state index >= 15 is 0 Å². The normalized spacial score (nSPS) is 14.6. The van der Waals surface area contributed by atoms with Crippen LogP contribution in [0.2, 0.25) is 10.0 Å². The third kappa shape index (κ3) is 8.26. The van der Waals surface area contributed by atoms with Crippen molar-refractivity contribution in [2.24, 2.45) is 0 Å². The van der Waals surface area contributed by atoms with Crippen LogP contribution in [0.5, 0.6) is 0 Å². The highest BCUT2D eigenvalue weighted by molar-refractivity contribution is 7.99. The highest BCUT2D eigenvalue weighted by atomic mass is 35.5. The average molecular weight is 570 g/mol. The van der Waals surface area contributed by atoms with E-state index in [9.17, 15) is 9.59 Å². The van der Waals surface area contributed by atoms with Gasteiger partial charge >= 0.3 is 0 Å². The van der Waals surface area contributed by atoms with Crippen molar-refractivity contribution in [1.82, 2.24) is 10.2 Å². The van der Waals surface area contributed by atoms with Gasteiger partial charge in [-0.15, -0.1) is 11.8 Å². The second-order valence-electron chi connectivity index (χ2n) is 9.75. The Morgan fingerprint density at radius 1 is 0.842 bits per heavy atom. The first-order valence-electron chi connectivity index (χ1n) is 13.2. The Kier molecular flexibility index (Phi) is 11.0. The van der Waals surface area contributed by atoms with Crippen LogP contribution in [-0.4, -0.2) is 34.6 Å². The number of benzene rings is 3. The van der Waals surface area contributed by atoms with Gasteiger partial charge in [-0.2, -0.15) is 0 Å². The molecule has 0 radical (unpaired) electrons. The number of hydrogen-bond donors (Lipinski definition) is 1. The van der Waals surface area contributed by atoms with Crippen molar-refractivity contribution in [1.29, 1.82) is 0 Å². The zero-order valence-electron chi connectivity index (χ0n) is 21.5. The molecular formula is C31H34Cl2N2O2S. The summed E-state index contributed by atoms with van der Waals surface area (Å²) in [7, 11) is 0. The van der Waals surface area contributed by atoms with Crippen molar-refractivity contribution < 1.29 is 9.59 Å². The summed E-state index contributed by atoms with van der Waals surface area (Å²) in [5.74, 6) is 0.652. The molecule has 4 rings (SSSR count). The zero-order chi connectivity index (χ0) is 26.7. The molecule has 0 bridgehead atoms. The Labute approximate surface area is 240 Å². The van der Waals surface area contributed by atoms with Crippen molar-refractivity contribution in [2.75, 3.05) is 5.75 Å². The van der Waals surface area contributed by atoms with Crippen LogP contribution in [0.15, 0.2) is 78.9 Å². The van der Waals surface area contributed by atoms with Crippen molar-refractivity contribution >= 4 is 46.8 Å². The predicted molar refractivity (Wildman–Crippen MR) is 159 cm³/mol. The van der Waals surface area contributed by atoms with Crippen LogP contribution in [0.4, 0.5) is 0 Å². The number of rotatable bonds is 11. The highest BCUT2D eigenvalue weighted by Crippen LogP contribution is 2.25. The summed E-state index contributed by atoms with van der Waals surface area (Å²) in [6.07, 6.45) is 5.85. The standard InChI is InChI=1S/C31H34Cl2N2O2S/c32-27-17-9-7-13-24(27)20-35(30(36)22-38-21-25-14-8-10-18-28(25)33)29(19-23-11-3-1-4-12-23)31(37)34-26-15-5-2-6-16-26/h1,3-4,7-14,17-18,26,29H,2,5-6,15-16,19-22H2,(H,34,37)/t29-/m0/s1. The average Bonchev–Trinajstić information content (AvgIpc) is 2.93. The molecule has 7 heteroatoms. The lowest BCUT2D eigenvalue weighted by Crippen LogP contribution is -2.53. The van der Waals surface area contributed by atoms with Crippen LogP contribution in [0.1, 0.15) is 48.8 Å². The lowest BCUT2D eigenvalue weighted by atomic mass is 9.94. The molecule has 3 aromatic rings. The maximum absolute atomic E-state index is 13.8. The van der Waals surface area contributed by atoms with Crippen molar-refractivity contribution in [2.45, 2.75) is 62.9 Å². The minimum Gasteiger partial charge on any atom is -0.352 e. The molecular weight excluding hydrogens is 535 g/mol. The fraction of sp³-hybridized carbons (Fsp3) is 0.355. The largest absolute Gasteiger partial charge is 0.352 e. The van der Waals surface area contributed by atoms with E-state index in [1.165, 1.54) is 18.2 Å². The summed E-state index contributed by atoms with van der Waals surface area (Å²) in [5.41, 5.74) is 2.82. The van der Waals surface area contributed by atoms with E-state index in [1.54, 1.807) is 4.90 Å². The maximum atomic E-state index is 13.8. The minimum absolute atomic E-state index is 0.0956. The number of carbonyl (C=O) groups is 2. The molecule has 1 aliphatic rings. The number of carbonyl (C=O) groups excluding carboxylic acids is 2. The molecule has 0 aromatic heterocycles. The topological polar surface area (TPSA) is 49.4 Å². The number of halogens is 2. The van der Waals surface area contributed by atoms with Crippen molar-refractivity contribution in [3.05, 3.63) is 106 Å². The fourth-order valence-electron chi connectivity index (χ4n) is 4.86. The zero-order valence-corrected chi connectivity index (χ0v) is 23.8. The van der Waals surface area contributed by atoms with Gasteiger partial charge in [-0.3, -0.25) is 9.59 Å². The summed E-state index contributed by atoms with van der Waals surface area (Å²) in [4.78, 5) is 29.3. The van der Waals surface area contributed by atoms with Gasteiger partial charge in [0.15, 0.2) is 0 Å². The monoisotopic (exact) mass is 568 g/mol. The molecule has 38 heavy (non-hydrogen) atoms. The molecule has 1 saturated carbocycles. The number of nitrogens with zero attached hydrogens (tertiary/aromatic N) is 1. The number of amides is 2. The SMILES string of the molecule is O=C(NC1CCCCC1)[C@H](Cc1ccccc1)N(Cc1ccccc1Cl)C(=O)CSCc1ccccc1Cl. The predicted octanol–water partition coefficient (Wildman–Crippen LogP) is 7.32. The third-order valence-electron chi connectivity index (χ3n) is 6.96. The van der Waals surface area contributed by atoms with E-state index in [0.717, 1.165) is 42.4 Å². The fourth-order valence-corrected chi connectivity index (χ4v) is 6.25. The Bertz CT molecular complexity index is 1200.